The molecule has 1 aromatic carbocycles. The van der Waals surface area contributed by atoms with Crippen LogP contribution in [-0.2, 0) is 13.1 Å². The first-order valence-electron chi connectivity index (χ1n) is 9.99. The van der Waals surface area contributed by atoms with E-state index in [1.54, 1.807) is 0 Å². The molecule has 1 saturated carbocycles. The first kappa shape index (κ1) is 18.5. The van der Waals surface area contributed by atoms with Crippen molar-refractivity contribution in [2.75, 3.05) is 0 Å². The molecule has 1 fully saturated rings. The Balaban J connectivity index is 1.48. The number of carbonyl (C=O) groups is 1. The number of aryl methyl sites for hydroxylation is 2. The van der Waals surface area contributed by atoms with Crippen molar-refractivity contribution in [2.24, 2.45) is 0 Å². The van der Waals surface area contributed by atoms with Crippen LogP contribution in [0.2, 0.25) is 0 Å². The van der Waals surface area contributed by atoms with Gasteiger partial charge in [-0.25, -0.2) is 0 Å². The standard InChI is InChI=1S/C23H28N4O/c1-15-12-21(18(4)27(15)20-10-11-20)23(28)24-13-22-16(2)25-26(17(22)3)14-19-8-6-5-7-9-19/h5-9,12,20H,10-11,13-14H2,1-4H3,(H,24,28). The van der Waals surface area contributed by atoms with E-state index < -0.39 is 0 Å². The van der Waals surface area contributed by atoms with E-state index in [1.165, 1.54) is 24.1 Å². The molecule has 1 N–H and O–H groups in total. The first-order chi connectivity index (χ1) is 13.5. The van der Waals surface area contributed by atoms with Gasteiger partial charge in [-0.3, -0.25) is 9.48 Å². The Morgan fingerprint density at radius 2 is 1.82 bits per heavy atom. The summed E-state index contributed by atoms with van der Waals surface area (Å²) in [5.41, 5.74) is 7.43. The second-order valence-electron chi connectivity index (χ2n) is 7.86. The molecule has 0 saturated heterocycles. The minimum Gasteiger partial charge on any atom is -0.348 e. The van der Waals surface area contributed by atoms with E-state index in [-0.39, 0.29) is 5.91 Å². The van der Waals surface area contributed by atoms with Gasteiger partial charge >= 0.3 is 0 Å². The molecule has 146 valence electrons. The van der Waals surface area contributed by atoms with E-state index in [9.17, 15) is 4.79 Å². The van der Waals surface area contributed by atoms with Crippen molar-refractivity contribution in [2.45, 2.75) is 59.7 Å². The number of aromatic nitrogens is 3. The van der Waals surface area contributed by atoms with Crippen molar-refractivity contribution in [3.8, 4) is 0 Å². The molecule has 4 rings (SSSR count). The van der Waals surface area contributed by atoms with Crippen molar-refractivity contribution in [1.82, 2.24) is 19.7 Å². The van der Waals surface area contributed by atoms with Crippen LogP contribution in [0.1, 0.15) is 63.1 Å². The number of hydrogen-bond donors (Lipinski definition) is 1. The summed E-state index contributed by atoms with van der Waals surface area (Å²) in [6, 6.07) is 12.9. The molecule has 0 unspecified atom stereocenters. The minimum atomic E-state index is -0.00499. The molecule has 2 heterocycles. The van der Waals surface area contributed by atoms with Crippen molar-refractivity contribution in [3.63, 3.8) is 0 Å². The smallest absolute Gasteiger partial charge is 0.253 e. The molecule has 0 aliphatic heterocycles. The molecular weight excluding hydrogens is 348 g/mol. The SMILES string of the molecule is Cc1nn(Cc2ccccc2)c(C)c1CNC(=O)c1cc(C)n(C2CC2)c1C. The van der Waals surface area contributed by atoms with Crippen LogP contribution >= 0.6 is 0 Å². The topological polar surface area (TPSA) is 51.9 Å². The number of carbonyl (C=O) groups excluding carboxylic acids is 1. The second kappa shape index (κ2) is 7.30. The van der Waals surface area contributed by atoms with E-state index in [0.717, 1.165) is 34.8 Å². The van der Waals surface area contributed by atoms with Crippen LogP contribution in [-0.4, -0.2) is 20.3 Å². The van der Waals surface area contributed by atoms with E-state index in [2.05, 4.69) is 47.9 Å². The van der Waals surface area contributed by atoms with E-state index >= 15 is 0 Å². The maximum atomic E-state index is 12.8. The number of nitrogens with zero attached hydrogens (tertiary/aromatic N) is 3. The average Bonchev–Trinajstić information content (AvgIpc) is 3.41. The average molecular weight is 377 g/mol. The van der Waals surface area contributed by atoms with Crippen molar-refractivity contribution in [3.05, 3.63) is 75.9 Å². The third kappa shape index (κ3) is 3.49. The maximum absolute atomic E-state index is 12.8. The maximum Gasteiger partial charge on any atom is 0.253 e. The second-order valence-corrected chi connectivity index (χ2v) is 7.86. The summed E-state index contributed by atoms with van der Waals surface area (Å²) in [5.74, 6) is -0.00499. The highest BCUT2D eigenvalue weighted by Crippen LogP contribution is 2.38. The Bertz CT molecular complexity index is 1010. The van der Waals surface area contributed by atoms with E-state index in [4.69, 9.17) is 0 Å². The highest BCUT2D eigenvalue weighted by Gasteiger charge is 2.28. The molecular formula is C23H28N4O. The van der Waals surface area contributed by atoms with Crippen molar-refractivity contribution < 1.29 is 4.79 Å². The predicted octanol–water partition coefficient (Wildman–Crippen LogP) is 4.23. The van der Waals surface area contributed by atoms with Crippen molar-refractivity contribution >= 4 is 5.91 Å². The van der Waals surface area contributed by atoms with Gasteiger partial charge in [-0.1, -0.05) is 30.3 Å². The molecule has 5 heteroatoms. The number of amides is 1. The van der Waals surface area contributed by atoms with Crippen LogP contribution < -0.4 is 5.32 Å². The molecule has 1 aliphatic rings. The zero-order valence-corrected chi connectivity index (χ0v) is 17.1. The molecule has 0 radical (unpaired) electrons. The fraction of sp³-hybridized carbons (Fsp3) is 0.391. The molecule has 0 atom stereocenters. The number of nitrogens with one attached hydrogen (secondary N) is 1. The monoisotopic (exact) mass is 376 g/mol. The fourth-order valence-corrected chi connectivity index (χ4v) is 4.07. The molecule has 3 aromatic rings. The Morgan fingerprint density at radius 3 is 2.50 bits per heavy atom. The zero-order valence-electron chi connectivity index (χ0n) is 17.1. The van der Waals surface area contributed by atoms with Crippen molar-refractivity contribution in [1.29, 1.82) is 0 Å². The Morgan fingerprint density at radius 1 is 1.11 bits per heavy atom. The molecule has 1 amide bonds. The van der Waals surface area contributed by atoms with Gasteiger partial charge in [-0.2, -0.15) is 5.10 Å². The normalized spacial score (nSPS) is 13.7. The van der Waals surface area contributed by atoms with Gasteiger partial charge in [0.1, 0.15) is 0 Å². The van der Waals surface area contributed by atoms with E-state index in [0.29, 0.717) is 12.6 Å². The molecule has 5 nitrogen and oxygen atoms in total. The summed E-state index contributed by atoms with van der Waals surface area (Å²) in [6.07, 6.45) is 2.44. The zero-order chi connectivity index (χ0) is 19.8. The summed E-state index contributed by atoms with van der Waals surface area (Å²) in [5, 5.41) is 7.79. The van der Waals surface area contributed by atoms with Crippen LogP contribution in [0, 0.1) is 27.7 Å². The summed E-state index contributed by atoms with van der Waals surface area (Å²) < 4.78 is 4.33. The number of benzene rings is 1. The quantitative estimate of drug-likeness (QED) is 0.700. The van der Waals surface area contributed by atoms with Crippen LogP contribution in [0.5, 0.6) is 0 Å². The number of rotatable bonds is 6. The van der Waals surface area contributed by atoms with Gasteiger partial charge in [0.25, 0.3) is 5.91 Å². The van der Waals surface area contributed by atoms with Crippen LogP contribution in [0.25, 0.3) is 0 Å². The lowest BCUT2D eigenvalue weighted by Crippen LogP contribution is -2.24. The van der Waals surface area contributed by atoms with Gasteiger partial charge in [-0.05, 0) is 52.2 Å². The van der Waals surface area contributed by atoms with Gasteiger partial charge in [0.15, 0.2) is 0 Å². The number of hydrogen-bond acceptors (Lipinski definition) is 2. The summed E-state index contributed by atoms with van der Waals surface area (Å²) in [6.45, 7) is 9.46. The molecule has 0 spiro atoms. The largest absolute Gasteiger partial charge is 0.348 e. The van der Waals surface area contributed by atoms with Gasteiger partial charge in [0, 0.05) is 35.2 Å². The lowest BCUT2D eigenvalue weighted by atomic mass is 10.1. The highest BCUT2D eigenvalue weighted by molar-refractivity contribution is 5.95. The van der Waals surface area contributed by atoms with Gasteiger partial charge in [-0.15, -0.1) is 0 Å². The van der Waals surface area contributed by atoms with E-state index in [1.807, 2.05) is 35.9 Å². The predicted molar refractivity (Wildman–Crippen MR) is 111 cm³/mol. The third-order valence-corrected chi connectivity index (χ3v) is 5.77. The summed E-state index contributed by atoms with van der Waals surface area (Å²) in [7, 11) is 0. The first-order valence-corrected chi connectivity index (χ1v) is 9.99. The fourth-order valence-electron chi connectivity index (χ4n) is 4.07. The van der Waals surface area contributed by atoms with Gasteiger partial charge < -0.3 is 9.88 Å². The highest BCUT2D eigenvalue weighted by atomic mass is 16.1. The molecule has 1 aliphatic carbocycles. The lowest BCUT2D eigenvalue weighted by Gasteiger charge is -2.09. The lowest BCUT2D eigenvalue weighted by molar-refractivity contribution is 0.0950. The molecule has 2 aromatic heterocycles. The minimum absolute atomic E-state index is 0.00499. The van der Waals surface area contributed by atoms with Gasteiger partial charge in [0.2, 0.25) is 0 Å². The third-order valence-electron chi connectivity index (χ3n) is 5.77. The Labute approximate surface area is 166 Å². The summed E-state index contributed by atoms with van der Waals surface area (Å²) in [4.78, 5) is 12.8. The summed E-state index contributed by atoms with van der Waals surface area (Å²) >= 11 is 0. The Hall–Kier alpha value is -2.82. The van der Waals surface area contributed by atoms with Crippen LogP contribution in [0.3, 0.4) is 0 Å². The Kier molecular flexibility index (Phi) is 4.84. The van der Waals surface area contributed by atoms with Crippen LogP contribution in [0.15, 0.2) is 36.4 Å². The van der Waals surface area contributed by atoms with Crippen LogP contribution in [0.4, 0.5) is 0 Å². The molecule has 28 heavy (non-hydrogen) atoms. The van der Waals surface area contributed by atoms with Gasteiger partial charge in [0.05, 0.1) is 17.8 Å². The molecule has 0 bridgehead atoms.